The first-order chi connectivity index (χ1) is 20.3. The minimum absolute atomic E-state index is 0.00451. The number of halogens is 3. The molecule has 1 aliphatic carbocycles. The van der Waals surface area contributed by atoms with Gasteiger partial charge in [0.05, 0.1) is 17.7 Å². The van der Waals surface area contributed by atoms with Crippen LogP contribution in [-0.2, 0) is 14.9 Å². The molecule has 1 heterocycles. The highest BCUT2D eigenvalue weighted by atomic mass is 19.4. The smallest absolute Gasteiger partial charge is 0.416 e. The molecular weight excluding hydrogens is 559 g/mol. The van der Waals surface area contributed by atoms with Crippen LogP contribution in [0.15, 0.2) is 60.2 Å². The average Bonchev–Trinajstić information content (AvgIpc) is 3.54. The largest absolute Gasteiger partial charge is 0.460 e. The summed E-state index contributed by atoms with van der Waals surface area (Å²) in [7, 11) is 0. The van der Waals surface area contributed by atoms with Gasteiger partial charge in [0.1, 0.15) is 29.8 Å². The first-order valence-corrected chi connectivity index (χ1v) is 13.9. The van der Waals surface area contributed by atoms with Gasteiger partial charge in [0.2, 0.25) is 0 Å². The molecular formula is C33H32F3N3O4. The Morgan fingerprint density at radius 2 is 1.77 bits per heavy atom. The van der Waals surface area contributed by atoms with Crippen LogP contribution < -0.4 is 10.1 Å². The summed E-state index contributed by atoms with van der Waals surface area (Å²) in [6, 6.07) is 12.0. The number of allylic oxidation sites excluding steroid dienone is 4. The number of hydrogen-bond donors (Lipinski definition) is 3. The summed E-state index contributed by atoms with van der Waals surface area (Å²) in [4.78, 5) is 12.7. The van der Waals surface area contributed by atoms with Crippen LogP contribution in [0.5, 0.6) is 11.5 Å². The molecule has 0 amide bonds. The molecule has 0 aromatic heterocycles. The van der Waals surface area contributed by atoms with Crippen LogP contribution in [0, 0.1) is 10.8 Å². The van der Waals surface area contributed by atoms with Gasteiger partial charge in [-0.15, -0.1) is 0 Å². The number of benzene rings is 3. The van der Waals surface area contributed by atoms with E-state index in [1.807, 2.05) is 39.8 Å². The zero-order valence-corrected chi connectivity index (χ0v) is 24.3. The molecule has 3 aromatic carbocycles. The molecule has 3 aromatic rings. The molecule has 7 nitrogen and oxygen atoms in total. The zero-order valence-electron chi connectivity index (χ0n) is 24.3. The van der Waals surface area contributed by atoms with Gasteiger partial charge in [0, 0.05) is 28.7 Å². The fourth-order valence-electron chi connectivity index (χ4n) is 5.18. The van der Waals surface area contributed by atoms with Crippen LogP contribution in [0.25, 0.3) is 16.3 Å². The summed E-state index contributed by atoms with van der Waals surface area (Å²) in [6.07, 6.45) is -2.29. The maximum absolute atomic E-state index is 13.7. The van der Waals surface area contributed by atoms with Gasteiger partial charge in [-0.3, -0.25) is 10.8 Å². The van der Waals surface area contributed by atoms with Gasteiger partial charge in [-0.05, 0) is 71.7 Å². The van der Waals surface area contributed by atoms with Crippen molar-refractivity contribution in [2.45, 2.75) is 45.7 Å². The lowest BCUT2D eigenvalue weighted by atomic mass is 9.82. The molecule has 2 aliphatic rings. The number of fused-ring (bicyclic) bond motifs is 2. The van der Waals surface area contributed by atoms with Gasteiger partial charge < -0.3 is 19.5 Å². The van der Waals surface area contributed by atoms with E-state index in [1.165, 1.54) is 0 Å². The quantitative estimate of drug-likeness (QED) is 0.184. The van der Waals surface area contributed by atoms with Crippen molar-refractivity contribution in [1.29, 1.82) is 10.8 Å². The fourth-order valence-corrected chi connectivity index (χ4v) is 5.18. The third kappa shape index (κ3) is 6.06. The Labute approximate surface area is 247 Å². The van der Waals surface area contributed by atoms with Gasteiger partial charge in [-0.1, -0.05) is 39.0 Å². The van der Waals surface area contributed by atoms with Gasteiger partial charge >= 0.3 is 12.1 Å². The first kappa shape index (κ1) is 30.0. The SMILES string of the molecule is CCOCCOC(=O)c1cccc(Oc2cc(C(C)(C)C)cc3cc4c(c(C5=CC(C(F)(F)F)=CC5)c23)C(=N)NC4=N)c1. The standard InChI is InChI=1S/C33H32F3N3O4/c1-5-41-11-12-42-31(40)19-7-6-8-23(15-19)43-25-17-22(32(2,3)4)14-20-16-24-28(30(38)39-29(24)37)27(26(20)25)18-9-10-21(13-18)33(34,35)36/h6-8,10,13-17H,5,9,11-12H2,1-4H3,(H3,37,38,39). The normalized spacial score (nSPS) is 14.9. The minimum Gasteiger partial charge on any atom is -0.460 e. The summed E-state index contributed by atoms with van der Waals surface area (Å²) in [6.45, 7) is 8.83. The molecule has 0 saturated heterocycles. The Morgan fingerprint density at radius 1 is 1.00 bits per heavy atom. The molecule has 0 atom stereocenters. The lowest BCUT2D eigenvalue weighted by Gasteiger charge is -2.24. The fraction of sp³-hybridized carbons (Fsp3) is 0.303. The Morgan fingerprint density at radius 3 is 2.44 bits per heavy atom. The van der Waals surface area contributed by atoms with Crippen molar-refractivity contribution in [2.75, 3.05) is 19.8 Å². The maximum atomic E-state index is 13.7. The molecule has 224 valence electrons. The molecule has 0 spiro atoms. The maximum Gasteiger partial charge on any atom is 0.416 e. The van der Waals surface area contributed by atoms with Crippen LogP contribution in [0.2, 0.25) is 0 Å². The number of nitrogens with one attached hydrogen (secondary N) is 3. The Balaban J connectivity index is 1.68. The van der Waals surface area contributed by atoms with Crippen LogP contribution >= 0.6 is 0 Å². The summed E-state index contributed by atoms with van der Waals surface area (Å²) in [5.41, 5.74) is 1.64. The van der Waals surface area contributed by atoms with Crippen molar-refractivity contribution in [2.24, 2.45) is 0 Å². The summed E-state index contributed by atoms with van der Waals surface area (Å²) in [5.74, 6) is 0.0749. The van der Waals surface area contributed by atoms with E-state index >= 15 is 0 Å². The second-order valence-corrected chi connectivity index (χ2v) is 11.4. The van der Waals surface area contributed by atoms with E-state index < -0.39 is 17.7 Å². The van der Waals surface area contributed by atoms with E-state index in [1.54, 1.807) is 30.3 Å². The predicted molar refractivity (Wildman–Crippen MR) is 159 cm³/mol. The van der Waals surface area contributed by atoms with Crippen molar-refractivity contribution in [3.05, 3.63) is 88.0 Å². The minimum atomic E-state index is -4.52. The van der Waals surface area contributed by atoms with Gasteiger partial charge in [0.25, 0.3) is 0 Å². The molecule has 1 aliphatic heterocycles. The number of esters is 1. The Kier molecular flexibility index (Phi) is 7.91. The average molecular weight is 592 g/mol. The lowest BCUT2D eigenvalue weighted by molar-refractivity contribution is -0.0880. The van der Waals surface area contributed by atoms with Crippen molar-refractivity contribution < 1.29 is 32.2 Å². The van der Waals surface area contributed by atoms with Gasteiger partial charge in [-0.25, -0.2) is 4.79 Å². The second kappa shape index (κ2) is 11.3. The second-order valence-electron chi connectivity index (χ2n) is 11.4. The van der Waals surface area contributed by atoms with Crippen molar-refractivity contribution >= 4 is 34.0 Å². The third-order valence-electron chi connectivity index (χ3n) is 7.32. The monoisotopic (exact) mass is 591 g/mol. The van der Waals surface area contributed by atoms with E-state index in [-0.39, 0.29) is 42.3 Å². The summed E-state index contributed by atoms with van der Waals surface area (Å²) >= 11 is 0. The molecule has 0 bridgehead atoms. The molecule has 0 fully saturated rings. The Bertz CT molecular complexity index is 1720. The molecule has 0 radical (unpaired) electrons. The summed E-state index contributed by atoms with van der Waals surface area (Å²) < 4.78 is 58.0. The molecule has 5 rings (SSSR count). The molecule has 10 heteroatoms. The van der Waals surface area contributed by atoms with E-state index in [4.69, 9.17) is 25.0 Å². The number of alkyl halides is 3. The van der Waals surface area contributed by atoms with E-state index in [2.05, 4.69) is 5.32 Å². The number of carbonyl (C=O) groups excluding carboxylic acids is 1. The van der Waals surface area contributed by atoms with E-state index in [9.17, 15) is 18.0 Å². The van der Waals surface area contributed by atoms with Crippen molar-refractivity contribution in [3.8, 4) is 11.5 Å². The molecule has 3 N–H and O–H groups in total. The highest BCUT2D eigenvalue weighted by Gasteiger charge is 2.36. The van der Waals surface area contributed by atoms with E-state index in [0.717, 1.165) is 17.7 Å². The highest BCUT2D eigenvalue weighted by Crippen LogP contribution is 2.46. The van der Waals surface area contributed by atoms with Gasteiger partial charge in [-0.2, -0.15) is 13.2 Å². The van der Waals surface area contributed by atoms with Gasteiger partial charge in [0.15, 0.2) is 0 Å². The predicted octanol–water partition coefficient (Wildman–Crippen LogP) is 7.65. The molecule has 0 saturated carbocycles. The topological polar surface area (TPSA) is 104 Å². The zero-order chi connectivity index (χ0) is 31.1. The molecule has 0 unspecified atom stereocenters. The number of hydrogen-bond acceptors (Lipinski definition) is 6. The van der Waals surface area contributed by atoms with Crippen LogP contribution in [-0.4, -0.2) is 43.6 Å². The number of carbonyl (C=O) groups is 1. The van der Waals surface area contributed by atoms with Crippen LogP contribution in [0.1, 0.15) is 66.7 Å². The van der Waals surface area contributed by atoms with Crippen molar-refractivity contribution in [1.82, 2.24) is 5.32 Å². The third-order valence-corrected chi connectivity index (χ3v) is 7.32. The molecule has 43 heavy (non-hydrogen) atoms. The van der Waals surface area contributed by atoms with Crippen LogP contribution in [0.4, 0.5) is 13.2 Å². The van der Waals surface area contributed by atoms with Crippen LogP contribution in [0.3, 0.4) is 0 Å². The number of amidine groups is 2. The summed E-state index contributed by atoms with van der Waals surface area (Å²) in [5, 5.41) is 20.9. The Hall–Kier alpha value is -4.44. The van der Waals surface area contributed by atoms with E-state index in [0.29, 0.717) is 51.1 Å². The number of ether oxygens (including phenoxy) is 3. The number of rotatable bonds is 8. The lowest BCUT2D eigenvalue weighted by Crippen LogP contribution is -2.20. The van der Waals surface area contributed by atoms with Crippen molar-refractivity contribution in [3.63, 3.8) is 0 Å². The first-order valence-electron chi connectivity index (χ1n) is 13.9. The highest BCUT2D eigenvalue weighted by molar-refractivity contribution is 6.28.